The van der Waals surface area contributed by atoms with E-state index in [2.05, 4.69) is 20.5 Å². The van der Waals surface area contributed by atoms with Gasteiger partial charge in [-0.3, -0.25) is 19.9 Å². The number of nitrogens with one attached hydrogen (secondary N) is 3. The maximum absolute atomic E-state index is 12.3. The summed E-state index contributed by atoms with van der Waals surface area (Å²) in [6.45, 7) is 3.83. The van der Waals surface area contributed by atoms with Crippen LogP contribution in [0.5, 0.6) is 0 Å². The SMILES string of the molecule is CC(=O)Nc1nc(CCc2ccc(NC(=N)N)cc2)c(CN2CC[C@@H](C(=O)N(C)C)C2)s1. The van der Waals surface area contributed by atoms with E-state index in [0.717, 1.165) is 60.7 Å². The Labute approximate surface area is 192 Å². The lowest BCUT2D eigenvalue weighted by Gasteiger charge is -2.18. The lowest BCUT2D eigenvalue weighted by Crippen LogP contribution is -2.31. The minimum Gasteiger partial charge on any atom is -0.370 e. The Balaban J connectivity index is 1.67. The van der Waals surface area contributed by atoms with Gasteiger partial charge in [-0.05, 0) is 43.5 Å². The summed E-state index contributed by atoms with van der Waals surface area (Å²) in [4.78, 5) is 33.6. The fraction of sp³-hybridized carbons (Fsp3) is 0.455. The Morgan fingerprint density at radius 3 is 2.59 bits per heavy atom. The van der Waals surface area contributed by atoms with Crippen LogP contribution in [0.4, 0.5) is 10.8 Å². The molecule has 0 saturated carbocycles. The summed E-state index contributed by atoms with van der Waals surface area (Å²) in [7, 11) is 3.60. The van der Waals surface area contributed by atoms with Crippen LogP contribution in [-0.4, -0.2) is 59.7 Å². The van der Waals surface area contributed by atoms with Crippen LogP contribution in [0, 0.1) is 11.3 Å². The number of benzene rings is 1. The molecule has 1 aliphatic heterocycles. The Bertz CT molecular complexity index is 971. The topological polar surface area (TPSA) is 127 Å². The van der Waals surface area contributed by atoms with Gasteiger partial charge in [0, 0.05) is 44.7 Å². The molecule has 0 unspecified atom stereocenters. The summed E-state index contributed by atoms with van der Waals surface area (Å²) in [6, 6.07) is 7.80. The maximum Gasteiger partial charge on any atom is 0.226 e. The van der Waals surface area contributed by atoms with E-state index in [1.54, 1.807) is 19.0 Å². The average molecular weight is 458 g/mol. The van der Waals surface area contributed by atoms with Gasteiger partial charge in [0.25, 0.3) is 0 Å². The van der Waals surface area contributed by atoms with Crippen LogP contribution in [0.15, 0.2) is 24.3 Å². The Hall–Kier alpha value is -2.98. The standard InChI is InChI=1S/C22H31N7O2S/c1-14(30)25-22-27-18(9-6-15-4-7-17(8-5-15)26-21(23)24)19(32-22)13-29-11-10-16(12-29)20(31)28(2)3/h4-5,7-8,16H,6,9-13H2,1-3H3,(H4,23,24,26)(H,25,27,30)/t16-/m1/s1. The number of carbonyl (C=O) groups is 2. The number of rotatable bonds is 8. The highest BCUT2D eigenvalue weighted by molar-refractivity contribution is 7.15. The Kier molecular flexibility index (Phi) is 7.81. The number of guanidine groups is 1. The van der Waals surface area contributed by atoms with Crippen molar-refractivity contribution in [1.29, 1.82) is 5.41 Å². The highest BCUT2D eigenvalue weighted by Crippen LogP contribution is 2.28. The molecule has 1 aromatic heterocycles. The number of anilines is 2. The number of carbonyl (C=O) groups excluding carboxylic acids is 2. The van der Waals surface area contributed by atoms with Crippen LogP contribution in [-0.2, 0) is 29.0 Å². The maximum atomic E-state index is 12.3. The molecule has 0 bridgehead atoms. The zero-order valence-electron chi connectivity index (χ0n) is 18.8. The van der Waals surface area contributed by atoms with Crippen molar-refractivity contribution in [3.8, 4) is 0 Å². The second-order valence-corrected chi connectivity index (χ2v) is 9.34. The molecule has 5 N–H and O–H groups in total. The van der Waals surface area contributed by atoms with Gasteiger partial charge in [-0.25, -0.2) is 4.98 Å². The van der Waals surface area contributed by atoms with Crippen molar-refractivity contribution in [2.75, 3.05) is 37.8 Å². The van der Waals surface area contributed by atoms with Gasteiger partial charge in [0.15, 0.2) is 11.1 Å². The van der Waals surface area contributed by atoms with Gasteiger partial charge in [-0.1, -0.05) is 12.1 Å². The molecule has 1 aliphatic rings. The first kappa shape index (κ1) is 23.7. The molecule has 10 heteroatoms. The van der Waals surface area contributed by atoms with Gasteiger partial charge in [-0.15, -0.1) is 11.3 Å². The lowest BCUT2D eigenvalue weighted by atomic mass is 10.1. The summed E-state index contributed by atoms with van der Waals surface area (Å²) >= 11 is 1.51. The van der Waals surface area contributed by atoms with Gasteiger partial charge in [-0.2, -0.15) is 0 Å². The molecule has 9 nitrogen and oxygen atoms in total. The number of hydrogen-bond acceptors (Lipinski definition) is 6. The largest absolute Gasteiger partial charge is 0.370 e. The summed E-state index contributed by atoms with van der Waals surface area (Å²) in [5.74, 6) is -0.00740. The number of aryl methyl sites for hydroxylation is 2. The smallest absolute Gasteiger partial charge is 0.226 e. The van der Waals surface area contributed by atoms with Gasteiger partial charge >= 0.3 is 0 Å². The van der Waals surface area contributed by atoms with Crippen LogP contribution in [0.2, 0.25) is 0 Å². The Morgan fingerprint density at radius 1 is 1.25 bits per heavy atom. The molecule has 1 atom stereocenters. The van der Waals surface area contributed by atoms with Crippen LogP contribution >= 0.6 is 11.3 Å². The zero-order chi connectivity index (χ0) is 23.3. The van der Waals surface area contributed by atoms with Crippen molar-refractivity contribution in [2.24, 2.45) is 11.7 Å². The third-order valence-corrected chi connectivity index (χ3v) is 6.37. The van der Waals surface area contributed by atoms with E-state index in [4.69, 9.17) is 11.1 Å². The molecule has 0 spiro atoms. The molecule has 0 aliphatic carbocycles. The predicted molar refractivity (Wildman–Crippen MR) is 128 cm³/mol. The molecule has 1 saturated heterocycles. The summed E-state index contributed by atoms with van der Waals surface area (Å²) in [5, 5.41) is 13.5. The van der Waals surface area contributed by atoms with Crippen LogP contribution < -0.4 is 16.4 Å². The van der Waals surface area contributed by atoms with E-state index in [-0.39, 0.29) is 23.7 Å². The number of nitrogens with two attached hydrogens (primary N) is 1. The number of aromatic nitrogens is 1. The minimum atomic E-state index is -0.136. The van der Waals surface area contributed by atoms with Crippen molar-refractivity contribution >= 4 is 39.9 Å². The molecule has 172 valence electrons. The van der Waals surface area contributed by atoms with E-state index in [0.29, 0.717) is 5.13 Å². The highest BCUT2D eigenvalue weighted by Gasteiger charge is 2.30. The molecule has 2 heterocycles. The first-order valence-corrected chi connectivity index (χ1v) is 11.4. The predicted octanol–water partition coefficient (Wildman–Crippen LogP) is 2.10. The van der Waals surface area contributed by atoms with Crippen molar-refractivity contribution in [2.45, 2.75) is 32.7 Å². The third-order valence-electron chi connectivity index (χ3n) is 5.37. The lowest BCUT2D eigenvalue weighted by molar-refractivity contribution is -0.132. The third kappa shape index (κ3) is 6.51. The van der Waals surface area contributed by atoms with Crippen molar-refractivity contribution in [3.63, 3.8) is 0 Å². The summed E-state index contributed by atoms with van der Waals surface area (Å²) < 4.78 is 0. The average Bonchev–Trinajstić information content (AvgIpc) is 3.33. The highest BCUT2D eigenvalue weighted by atomic mass is 32.1. The molecule has 1 aromatic carbocycles. The zero-order valence-corrected chi connectivity index (χ0v) is 19.6. The number of hydrogen-bond donors (Lipinski definition) is 4. The second kappa shape index (κ2) is 10.6. The molecule has 2 aromatic rings. The van der Waals surface area contributed by atoms with Crippen LogP contribution in [0.3, 0.4) is 0 Å². The number of nitrogens with zero attached hydrogens (tertiary/aromatic N) is 3. The molecule has 1 fully saturated rings. The normalized spacial score (nSPS) is 16.0. The van der Waals surface area contributed by atoms with Gasteiger partial charge in [0.1, 0.15) is 0 Å². The summed E-state index contributed by atoms with van der Waals surface area (Å²) in [6.07, 6.45) is 2.42. The monoisotopic (exact) mass is 457 g/mol. The van der Waals surface area contributed by atoms with E-state index < -0.39 is 0 Å². The fourth-order valence-electron chi connectivity index (χ4n) is 3.83. The molecular weight excluding hydrogens is 426 g/mol. The van der Waals surface area contributed by atoms with Crippen molar-refractivity contribution in [1.82, 2.24) is 14.8 Å². The van der Waals surface area contributed by atoms with E-state index >= 15 is 0 Å². The fourth-order valence-corrected chi connectivity index (χ4v) is 4.92. The number of likely N-dealkylation sites (tertiary alicyclic amines) is 1. The van der Waals surface area contributed by atoms with Gasteiger partial charge in [0.05, 0.1) is 11.6 Å². The quantitative estimate of drug-likeness (QED) is 0.355. The van der Waals surface area contributed by atoms with E-state index in [9.17, 15) is 9.59 Å². The molecule has 0 radical (unpaired) electrons. The molecular formula is C22H31N7O2S. The number of amides is 2. The van der Waals surface area contributed by atoms with E-state index in [1.165, 1.54) is 18.3 Å². The number of thiazole rings is 1. The first-order chi connectivity index (χ1) is 15.2. The molecule has 32 heavy (non-hydrogen) atoms. The Morgan fingerprint density at radius 2 is 1.97 bits per heavy atom. The van der Waals surface area contributed by atoms with Gasteiger partial charge in [0.2, 0.25) is 11.8 Å². The molecule has 2 amide bonds. The second-order valence-electron chi connectivity index (χ2n) is 8.26. The first-order valence-electron chi connectivity index (χ1n) is 10.6. The van der Waals surface area contributed by atoms with E-state index in [1.807, 2.05) is 24.3 Å². The van der Waals surface area contributed by atoms with Crippen molar-refractivity contribution in [3.05, 3.63) is 40.4 Å². The summed E-state index contributed by atoms with van der Waals surface area (Å²) in [5.41, 5.74) is 8.27. The molecule has 3 rings (SSSR count). The van der Waals surface area contributed by atoms with Crippen LogP contribution in [0.25, 0.3) is 0 Å². The van der Waals surface area contributed by atoms with Crippen molar-refractivity contribution < 1.29 is 9.59 Å². The van der Waals surface area contributed by atoms with Crippen LogP contribution in [0.1, 0.15) is 29.5 Å². The minimum absolute atomic E-state index is 0.0401. The van der Waals surface area contributed by atoms with Gasteiger partial charge < -0.3 is 21.3 Å².